The van der Waals surface area contributed by atoms with Crippen LogP contribution in [0.5, 0.6) is 5.75 Å². The molecule has 0 bridgehead atoms. The van der Waals surface area contributed by atoms with Crippen molar-refractivity contribution in [2.45, 2.75) is 6.42 Å². The molecule has 7 heteroatoms. The maximum Gasteiger partial charge on any atom is 0.319 e. The molecular formula is C19H22N4O3. The molecule has 2 amide bonds. The Labute approximate surface area is 152 Å². The van der Waals surface area contributed by atoms with Crippen LogP contribution >= 0.6 is 0 Å². The highest BCUT2D eigenvalue weighted by Gasteiger charge is 2.05. The maximum atomic E-state index is 12.0. The van der Waals surface area contributed by atoms with Crippen LogP contribution in [0.3, 0.4) is 0 Å². The van der Waals surface area contributed by atoms with E-state index in [1.165, 1.54) is 0 Å². The number of amides is 2. The van der Waals surface area contributed by atoms with Crippen LogP contribution in [0.25, 0.3) is 5.65 Å². The molecule has 136 valence electrons. The zero-order chi connectivity index (χ0) is 18.2. The van der Waals surface area contributed by atoms with Crippen LogP contribution in [-0.2, 0) is 11.2 Å². The van der Waals surface area contributed by atoms with E-state index in [0.29, 0.717) is 37.6 Å². The fourth-order valence-corrected chi connectivity index (χ4v) is 2.49. The molecule has 0 saturated carbocycles. The third kappa shape index (κ3) is 4.97. The monoisotopic (exact) mass is 354 g/mol. The van der Waals surface area contributed by atoms with Gasteiger partial charge in [-0.05, 0) is 24.3 Å². The minimum atomic E-state index is -0.261. The second kappa shape index (κ2) is 8.87. The highest BCUT2D eigenvalue weighted by atomic mass is 16.5. The third-order valence-corrected chi connectivity index (χ3v) is 3.73. The molecule has 2 aromatic heterocycles. The summed E-state index contributed by atoms with van der Waals surface area (Å²) in [7, 11) is 1.62. The van der Waals surface area contributed by atoms with Gasteiger partial charge in [-0.15, -0.1) is 0 Å². The van der Waals surface area contributed by atoms with Crippen LogP contribution < -0.4 is 15.4 Å². The van der Waals surface area contributed by atoms with Crippen molar-refractivity contribution in [1.29, 1.82) is 0 Å². The zero-order valence-electron chi connectivity index (χ0n) is 14.6. The van der Waals surface area contributed by atoms with Crippen LogP contribution in [0.1, 0.15) is 5.69 Å². The van der Waals surface area contributed by atoms with Gasteiger partial charge in [0, 0.05) is 44.2 Å². The summed E-state index contributed by atoms with van der Waals surface area (Å²) in [6.45, 7) is 1.48. The predicted molar refractivity (Wildman–Crippen MR) is 99.7 cm³/mol. The number of methoxy groups -OCH3 is 1. The van der Waals surface area contributed by atoms with E-state index in [1.54, 1.807) is 13.2 Å². The molecule has 0 spiro atoms. The van der Waals surface area contributed by atoms with Gasteiger partial charge in [-0.2, -0.15) is 0 Å². The van der Waals surface area contributed by atoms with E-state index in [4.69, 9.17) is 9.47 Å². The van der Waals surface area contributed by atoms with Crippen molar-refractivity contribution < 1.29 is 14.3 Å². The van der Waals surface area contributed by atoms with Gasteiger partial charge in [-0.25, -0.2) is 9.78 Å². The lowest BCUT2D eigenvalue weighted by Gasteiger charge is -2.09. The largest absolute Gasteiger partial charge is 0.491 e. The number of fused-ring (bicyclic) bond motifs is 1. The van der Waals surface area contributed by atoms with Gasteiger partial charge in [0.25, 0.3) is 0 Å². The van der Waals surface area contributed by atoms with Crippen molar-refractivity contribution in [2.75, 3.05) is 32.2 Å². The molecule has 0 aliphatic carbocycles. The number of urea groups is 1. The molecule has 0 unspecified atom stereocenters. The van der Waals surface area contributed by atoms with Crippen LogP contribution in [0.2, 0.25) is 0 Å². The summed E-state index contributed by atoms with van der Waals surface area (Å²) in [5.41, 5.74) is 2.51. The van der Waals surface area contributed by atoms with Crippen LogP contribution in [0, 0.1) is 0 Å². The van der Waals surface area contributed by atoms with E-state index in [0.717, 1.165) is 11.3 Å². The number of nitrogens with one attached hydrogen (secondary N) is 2. The first-order valence-corrected chi connectivity index (χ1v) is 8.44. The maximum absolute atomic E-state index is 12.0. The molecule has 2 heterocycles. The molecule has 26 heavy (non-hydrogen) atoms. The molecular weight excluding hydrogens is 332 g/mol. The summed E-state index contributed by atoms with van der Waals surface area (Å²) in [4.78, 5) is 16.5. The van der Waals surface area contributed by atoms with Crippen LogP contribution in [0.15, 0.2) is 54.9 Å². The number of carbonyl (C=O) groups is 1. The Bertz CT molecular complexity index is 830. The lowest BCUT2D eigenvalue weighted by molar-refractivity contribution is 0.146. The summed E-state index contributed by atoms with van der Waals surface area (Å²) in [6, 6.07) is 12.8. The van der Waals surface area contributed by atoms with E-state index in [1.807, 2.05) is 53.2 Å². The summed E-state index contributed by atoms with van der Waals surface area (Å²) < 4.78 is 12.4. The number of pyridine rings is 1. The van der Waals surface area contributed by atoms with Gasteiger partial charge in [0.05, 0.1) is 12.3 Å². The van der Waals surface area contributed by atoms with Crippen molar-refractivity contribution in [3.63, 3.8) is 0 Å². The number of benzene rings is 1. The number of hydrogen-bond donors (Lipinski definition) is 2. The first kappa shape index (κ1) is 17.8. The molecule has 0 fully saturated rings. The summed E-state index contributed by atoms with van der Waals surface area (Å²) in [5.74, 6) is 0.685. The Morgan fingerprint density at radius 3 is 2.96 bits per heavy atom. The molecule has 0 aliphatic heterocycles. The lowest BCUT2D eigenvalue weighted by atomic mass is 10.3. The van der Waals surface area contributed by atoms with E-state index in [2.05, 4.69) is 15.6 Å². The molecule has 0 aliphatic rings. The van der Waals surface area contributed by atoms with Gasteiger partial charge in [0.15, 0.2) is 0 Å². The number of ether oxygens (including phenoxy) is 2. The Morgan fingerprint density at radius 1 is 1.19 bits per heavy atom. The topological polar surface area (TPSA) is 76.9 Å². The second-order valence-electron chi connectivity index (χ2n) is 5.70. The first-order chi connectivity index (χ1) is 12.7. The summed E-state index contributed by atoms with van der Waals surface area (Å²) in [6.07, 6.45) is 4.58. The van der Waals surface area contributed by atoms with Gasteiger partial charge in [-0.1, -0.05) is 12.1 Å². The molecule has 3 aromatic rings. The molecule has 0 atom stereocenters. The number of imidazole rings is 1. The Morgan fingerprint density at radius 2 is 2.12 bits per heavy atom. The van der Waals surface area contributed by atoms with Crippen molar-refractivity contribution in [1.82, 2.24) is 14.7 Å². The number of aromatic nitrogens is 2. The van der Waals surface area contributed by atoms with Gasteiger partial charge < -0.3 is 24.5 Å². The van der Waals surface area contributed by atoms with Crippen molar-refractivity contribution in [3.05, 3.63) is 60.6 Å². The van der Waals surface area contributed by atoms with Crippen molar-refractivity contribution in [3.8, 4) is 5.75 Å². The molecule has 0 radical (unpaired) electrons. The van der Waals surface area contributed by atoms with Gasteiger partial charge >= 0.3 is 6.03 Å². The minimum absolute atomic E-state index is 0.261. The van der Waals surface area contributed by atoms with E-state index < -0.39 is 0 Å². The molecule has 1 aromatic carbocycles. The molecule has 7 nitrogen and oxygen atoms in total. The normalized spacial score (nSPS) is 10.7. The standard InChI is InChI=1S/C19H22N4O3/c1-25-11-12-26-17-6-4-5-15(13-17)22-19(24)20-9-8-16-14-23-10-3-2-7-18(23)21-16/h2-7,10,13-14H,8-9,11-12H2,1H3,(H2,20,22,24). The number of hydrogen-bond acceptors (Lipinski definition) is 4. The zero-order valence-corrected chi connectivity index (χ0v) is 14.6. The highest BCUT2D eigenvalue weighted by Crippen LogP contribution is 2.17. The highest BCUT2D eigenvalue weighted by molar-refractivity contribution is 5.89. The van der Waals surface area contributed by atoms with Crippen molar-refractivity contribution in [2.24, 2.45) is 0 Å². The number of rotatable bonds is 8. The second-order valence-corrected chi connectivity index (χ2v) is 5.70. The number of nitrogens with zero attached hydrogens (tertiary/aromatic N) is 2. The van der Waals surface area contributed by atoms with Crippen LogP contribution in [0.4, 0.5) is 10.5 Å². The number of carbonyl (C=O) groups excluding carboxylic acids is 1. The fraction of sp³-hybridized carbons (Fsp3) is 0.263. The molecule has 2 N–H and O–H groups in total. The van der Waals surface area contributed by atoms with E-state index in [-0.39, 0.29) is 6.03 Å². The van der Waals surface area contributed by atoms with Crippen LogP contribution in [-0.4, -0.2) is 42.3 Å². The van der Waals surface area contributed by atoms with Gasteiger partial charge in [-0.3, -0.25) is 0 Å². The molecule has 3 rings (SSSR count). The summed E-state index contributed by atoms with van der Waals surface area (Å²) >= 11 is 0. The Hall–Kier alpha value is -3.06. The minimum Gasteiger partial charge on any atom is -0.491 e. The van der Waals surface area contributed by atoms with Gasteiger partial charge in [0.1, 0.15) is 18.0 Å². The predicted octanol–water partition coefficient (Wildman–Crippen LogP) is 2.72. The molecule has 0 saturated heterocycles. The third-order valence-electron chi connectivity index (χ3n) is 3.73. The smallest absolute Gasteiger partial charge is 0.319 e. The number of anilines is 1. The van der Waals surface area contributed by atoms with Crippen molar-refractivity contribution >= 4 is 17.4 Å². The Kier molecular flexibility index (Phi) is 6.05. The van der Waals surface area contributed by atoms with Gasteiger partial charge in [0.2, 0.25) is 0 Å². The SMILES string of the molecule is COCCOc1cccc(NC(=O)NCCc2cn3ccccc3n2)c1. The fourth-order valence-electron chi connectivity index (χ4n) is 2.49. The summed E-state index contributed by atoms with van der Waals surface area (Å²) in [5, 5.41) is 5.63. The lowest BCUT2D eigenvalue weighted by Crippen LogP contribution is -2.30. The van der Waals surface area contributed by atoms with E-state index in [9.17, 15) is 4.79 Å². The Balaban J connectivity index is 1.45. The quantitative estimate of drug-likeness (QED) is 0.610. The average molecular weight is 354 g/mol. The van der Waals surface area contributed by atoms with E-state index >= 15 is 0 Å². The first-order valence-electron chi connectivity index (χ1n) is 8.44. The average Bonchev–Trinajstić information content (AvgIpc) is 3.05.